The van der Waals surface area contributed by atoms with Crippen LogP contribution < -0.4 is 0 Å². The Morgan fingerprint density at radius 3 is 1.13 bits per heavy atom. The zero-order valence-electron chi connectivity index (χ0n) is 21.1. The summed E-state index contributed by atoms with van der Waals surface area (Å²) in [5, 5.41) is 9.44. The third-order valence-corrected chi connectivity index (χ3v) is 6.59. The fraction of sp³-hybridized carbons (Fsp3) is 0.964. The summed E-state index contributed by atoms with van der Waals surface area (Å²) in [7, 11) is 0. The molecule has 180 valence electrons. The molecule has 0 saturated carbocycles. The molecule has 0 rings (SSSR count). The fourth-order valence-corrected chi connectivity index (χ4v) is 4.45. The van der Waals surface area contributed by atoms with Gasteiger partial charge in [0.1, 0.15) is 0 Å². The van der Waals surface area contributed by atoms with Gasteiger partial charge >= 0.3 is 5.97 Å². The van der Waals surface area contributed by atoms with Gasteiger partial charge in [-0.05, 0) is 18.8 Å². The summed E-state index contributed by atoms with van der Waals surface area (Å²) >= 11 is 0. The normalized spacial score (nSPS) is 12.5. The molecule has 30 heavy (non-hydrogen) atoms. The minimum Gasteiger partial charge on any atom is -0.481 e. The molecule has 0 heterocycles. The number of carboxylic acids is 1. The molecule has 0 fully saturated rings. The maximum absolute atomic E-state index is 11.5. The molecule has 0 amide bonds. The number of hydrogen-bond acceptors (Lipinski definition) is 1. The van der Waals surface area contributed by atoms with Crippen LogP contribution in [0.25, 0.3) is 0 Å². The summed E-state index contributed by atoms with van der Waals surface area (Å²) in [6.07, 6.45) is 28.3. The van der Waals surface area contributed by atoms with E-state index < -0.39 is 5.97 Å². The second-order valence-electron chi connectivity index (χ2n) is 10.2. The standard InChI is InChI=1S/C28H56O2/c1-4-5-6-7-18-21-24-27(28(29)30)25-22-19-16-14-12-10-8-9-11-13-15-17-20-23-26(2)3/h26-27H,4-25H2,1-3H3,(H,29,30). The maximum Gasteiger partial charge on any atom is 0.306 e. The lowest BCUT2D eigenvalue weighted by Crippen LogP contribution is -2.13. The quantitative estimate of drug-likeness (QED) is 0.156. The minimum atomic E-state index is -0.566. The Hall–Kier alpha value is -0.530. The molecule has 0 spiro atoms. The highest BCUT2D eigenvalue weighted by molar-refractivity contribution is 5.69. The Morgan fingerprint density at radius 2 is 0.833 bits per heavy atom. The van der Waals surface area contributed by atoms with Crippen LogP contribution >= 0.6 is 0 Å². The van der Waals surface area contributed by atoms with Crippen LogP contribution in [-0.4, -0.2) is 11.1 Å². The lowest BCUT2D eigenvalue weighted by Gasteiger charge is -2.12. The molecule has 0 radical (unpaired) electrons. The molecule has 2 nitrogen and oxygen atoms in total. The van der Waals surface area contributed by atoms with E-state index in [9.17, 15) is 9.90 Å². The molecule has 1 unspecified atom stereocenters. The molecule has 0 aromatic carbocycles. The summed E-state index contributed by atoms with van der Waals surface area (Å²) in [5.74, 6) is 0.207. The van der Waals surface area contributed by atoms with Crippen molar-refractivity contribution in [2.45, 2.75) is 162 Å². The second-order valence-corrected chi connectivity index (χ2v) is 10.2. The Kier molecular flexibility index (Phi) is 22.7. The van der Waals surface area contributed by atoms with Gasteiger partial charge in [-0.25, -0.2) is 0 Å². The third kappa shape index (κ3) is 22.2. The van der Waals surface area contributed by atoms with Gasteiger partial charge in [-0.15, -0.1) is 0 Å². The van der Waals surface area contributed by atoms with Gasteiger partial charge < -0.3 is 5.11 Å². The highest BCUT2D eigenvalue weighted by Crippen LogP contribution is 2.20. The molecule has 0 aromatic heterocycles. The van der Waals surface area contributed by atoms with Gasteiger partial charge in [-0.3, -0.25) is 4.79 Å². The van der Waals surface area contributed by atoms with Crippen LogP contribution in [0.15, 0.2) is 0 Å². The van der Waals surface area contributed by atoms with Crippen molar-refractivity contribution in [2.24, 2.45) is 11.8 Å². The van der Waals surface area contributed by atoms with Gasteiger partial charge in [0, 0.05) is 0 Å². The van der Waals surface area contributed by atoms with E-state index in [4.69, 9.17) is 0 Å². The van der Waals surface area contributed by atoms with Crippen LogP contribution in [0.3, 0.4) is 0 Å². The van der Waals surface area contributed by atoms with Crippen LogP contribution in [0, 0.1) is 11.8 Å². The molecule has 1 atom stereocenters. The molecule has 0 aliphatic carbocycles. The maximum atomic E-state index is 11.5. The summed E-state index contributed by atoms with van der Waals surface area (Å²) in [4.78, 5) is 11.5. The monoisotopic (exact) mass is 424 g/mol. The molecular formula is C28H56O2. The van der Waals surface area contributed by atoms with Gasteiger partial charge in [0.15, 0.2) is 0 Å². The molecular weight excluding hydrogens is 368 g/mol. The molecule has 0 aliphatic heterocycles. The average molecular weight is 425 g/mol. The lowest BCUT2D eigenvalue weighted by atomic mass is 9.94. The van der Waals surface area contributed by atoms with Crippen molar-refractivity contribution in [2.75, 3.05) is 0 Å². The molecule has 1 N–H and O–H groups in total. The van der Waals surface area contributed by atoms with E-state index in [1.807, 2.05) is 0 Å². The van der Waals surface area contributed by atoms with E-state index in [1.165, 1.54) is 116 Å². The van der Waals surface area contributed by atoms with Gasteiger partial charge in [-0.1, -0.05) is 149 Å². The molecule has 0 saturated heterocycles. The Balaban J connectivity index is 3.36. The topological polar surface area (TPSA) is 37.3 Å². The van der Waals surface area contributed by atoms with E-state index in [1.54, 1.807) is 0 Å². The number of hydrogen-bond donors (Lipinski definition) is 1. The molecule has 2 heteroatoms. The predicted octanol–water partition coefficient (Wildman–Crippen LogP) is 9.95. The van der Waals surface area contributed by atoms with Crippen LogP contribution in [0.5, 0.6) is 0 Å². The van der Waals surface area contributed by atoms with Gasteiger partial charge in [0.25, 0.3) is 0 Å². The minimum absolute atomic E-state index is 0.0958. The Labute approximate surface area is 190 Å². The smallest absolute Gasteiger partial charge is 0.306 e. The van der Waals surface area contributed by atoms with Crippen molar-refractivity contribution in [1.82, 2.24) is 0 Å². The predicted molar refractivity (Wildman–Crippen MR) is 133 cm³/mol. The van der Waals surface area contributed by atoms with Gasteiger partial charge in [0.2, 0.25) is 0 Å². The number of aliphatic carboxylic acids is 1. The van der Waals surface area contributed by atoms with Crippen molar-refractivity contribution in [3.8, 4) is 0 Å². The lowest BCUT2D eigenvalue weighted by molar-refractivity contribution is -0.142. The van der Waals surface area contributed by atoms with Crippen molar-refractivity contribution in [1.29, 1.82) is 0 Å². The first-order chi connectivity index (χ1) is 14.6. The van der Waals surface area contributed by atoms with Crippen LogP contribution in [-0.2, 0) is 4.79 Å². The SMILES string of the molecule is CCCCCCCCC(CCCCCCCCCCCCCCCC(C)C)C(=O)O. The van der Waals surface area contributed by atoms with Crippen molar-refractivity contribution < 1.29 is 9.90 Å². The number of unbranched alkanes of at least 4 members (excludes halogenated alkanes) is 17. The number of rotatable bonds is 24. The largest absolute Gasteiger partial charge is 0.481 e. The van der Waals surface area contributed by atoms with Crippen molar-refractivity contribution in [3.05, 3.63) is 0 Å². The first kappa shape index (κ1) is 29.5. The summed E-state index contributed by atoms with van der Waals surface area (Å²) in [5.41, 5.74) is 0. The average Bonchev–Trinajstić information content (AvgIpc) is 2.71. The summed E-state index contributed by atoms with van der Waals surface area (Å²) in [6.45, 7) is 6.88. The van der Waals surface area contributed by atoms with Gasteiger partial charge in [0.05, 0.1) is 5.92 Å². The first-order valence-electron chi connectivity index (χ1n) is 13.8. The van der Waals surface area contributed by atoms with Gasteiger partial charge in [-0.2, -0.15) is 0 Å². The molecule has 0 aromatic rings. The highest BCUT2D eigenvalue weighted by Gasteiger charge is 2.16. The Bertz CT molecular complexity index is 351. The number of carboxylic acid groups (broad SMARTS) is 1. The van der Waals surface area contributed by atoms with Crippen molar-refractivity contribution >= 4 is 5.97 Å². The second kappa shape index (κ2) is 23.1. The van der Waals surface area contributed by atoms with E-state index in [0.717, 1.165) is 31.6 Å². The summed E-state index contributed by atoms with van der Waals surface area (Å²) < 4.78 is 0. The van der Waals surface area contributed by atoms with E-state index >= 15 is 0 Å². The summed E-state index contributed by atoms with van der Waals surface area (Å²) in [6, 6.07) is 0. The zero-order chi connectivity index (χ0) is 22.3. The van der Waals surface area contributed by atoms with Crippen LogP contribution in [0.2, 0.25) is 0 Å². The highest BCUT2D eigenvalue weighted by atomic mass is 16.4. The molecule has 0 bridgehead atoms. The number of carbonyl (C=O) groups is 1. The van der Waals surface area contributed by atoms with Crippen LogP contribution in [0.1, 0.15) is 162 Å². The fourth-order valence-electron chi connectivity index (χ4n) is 4.45. The zero-order valence-corrected chi connectivity index (χ0v) is 21.1. The van der Waals surface area contributed by atoms with E-state index in [0.29, 0.717) is 0 Å². The molecule has 0 aliphatic rings. The van der Waals surface area contributed by atoms with E-state index in [2.05, 4.69) is 20.8 Å². The third-order valence-electron chi connectivity index (χ3n) is 6.59. The first-order valence-corrected chi connectivity index (χ1v) is 13.8. The van der Waals surface area contributed by atoms with Crippen LogP contribution in [0.4, 0.5) is 0 Å². The van der Waals surface area contributed by atoms with E-state index in [-0.39, 0.29) is 5.92 Å². The Morgan fingerprint density at radius 1 is 0.533 bits per heavy atom. The van der Waals surface area contributed by atoms with Crippen molar-refractivity contribution in [3.63, 3.8) is 0 Å².